The zero-order valence-corrected chi connectivity index (χ0v) is 15.8. The van der Waals surface area contributed by atoms with Gasteiger partial charge in [-0.05, 0) is 48.4 Å². The van der Waals surface area contributed by atoms with Crippen LogP contribution in [0.15, 0.2) is 84.9 Å². The van der Waals surface area contributed by atoms with Crippen molar-refractivity contribution in [3.8, 4) is 11.5 Å². The molecule has 1 fully saturated rings. The van der Waals surface area contributed by atoms with Crippen LogP contribution in [-0.2, 0) is 6.54 Å². The number of nitrogens with one attached hydrogen (secondary N) is 1. The fourth-order valence-corrected chi connectivity index (χ4v) is 3.50. The lowest BCUT2D eigenvalue weighted by atomic mass is 10.2. The topological polar surface area (TPSA) is 41.6 Å². The van der Waals surface area contributed by atoms with E-state index in [0.717, 1.165) is 37.6 Å². The smallest absolute Gasteiger partial charge is 0.251 e. The molecule has 0 unspecified atom stereocenters. The number of carbonyl (C=O) groups is 1. The second-order valence-electron chi connectivity index (χ2n) is 7.12. The van der Waals surface area contributed by atoms with Crippen LogP contribution in [0.1, 0.15) is 22.3 Å². The van der Waals surface area contributed by atoms with Crippen molar-refractivity contribution in [1.29, 1.82) is 0 Å². The van der Waals surface area contributed by atoms with Gasteiger partial charge in [-0.2, -0.15) is 0 Å². The van der Waals surface area contributed by atoms with Crippen LogP contribution < -0.4 is 10.1 Å². The summed E-state index contributed by atoms with van der Waals surface area (Å²) in [6, 6.07) is 27.5. The minimum absolute atomic E-state index is 0.0298. The number of benzene rings is 3. The predicted molar refractivity (Wildman–Crippen MR) is 111 cm³/mol. The van der Waals surface area contributed by atoms with Crippen LogP contribution in [0, 0.1) is 0 Å². The first-order valence-electron chi connectivity index (χ1n) is 9.66. The van der Waals surface area contributed by atoms with Crippen LogP contribution in [0.5, 0.6) is 11.5 Å². The molecule has 28 heavy (non-hydrogen) atoms. The molecule has 4 heteroatoms. The van der Waals surface area contributed by atoms with Crippen molar-refractivity contribution < 1.29 is 9.53 Å². The lowest BCUT2D eigenvalue weighted by molar-refractivity contribution is 0.0937. The summed E-state index contributed by atoms with van der Waals surface area (Å²) in [7, 11) is 0. The van der Waals surface area contributed by atoms with Gasteiger partial charge in [-0.15, -0.1) is 0 Å². The van der Waals surface area contributed by atoms with Gasteiger partial charge in [0.1, 0.15) is 11.5 Å². The van der Waals surface area contributed by atoms with Crippen LogP contribution >= 0.6 is 0 Å². The Morgan fingerprint density at radius 2 is 1.54 bits per heavy atom. The van der Waals surface area contributed by atoms with Gasteiger partial charge in [0, 0.05) is 31.2 Å². The largest absolute Gasteiger partial charge is 0.457 e. The molecule has 1 aliphatic rings. The number of amides is 1. The molecule has 0 saturated carbocycles. The number of rotatable bonds is 6. The summed E-state index contributed by atoms with van der Waals surface area (Å²) in [4.78, 5) is 15.0. The van der Waals surface area contributed by atoms with E-state index in [1.807, 2.05) is 60.7 Å². The Kier molecular flexibility index (Phi) is 5.69. The number of para-hydroxylation sites is 1. The highest BCUT2D eigenvalue weighted by atomic mass is 16.5. The van der Waals surface area contributed by atoms with Gasteiger partial charge in [-0.1, -0.05) is 48.5 Å². The van der Waals surface area contributed by atoms with Gasteiger partial charge in [0.2, 0.25) is 0 Å². The Balaban J connectivity index is 1.29. The molecule has 0 radical (unpaired) electrons. The minimum atomic E-state index is -0.0298. The average Bonchev–Trinajstić information content (AvgIpc) is 3.17. The second kappa shape index (κ2) is 8.72. The van der Waals surface area contributed by atoms with Crippen molar-refractivity contribution in [2.24, 2.45) is 0 Å². The number of hydrogen-bond acceptors (Lipinski definition) is 3. The Morgan fingerprint density at radius 1 is 0.893 bits per heavy atom. The Morgan fingerprint density at radius 3 is 2.25 bits per heavy atom. The Bertz CT molecular complexity index is 895. The quantitative estimate of drug-likeness (QED) is 0.693. The highest BCUT2D eigenvalue weighted by molar-refractivity contribution is 5.94. The summed E-state index contributed by atoms with van der Waals surface area (Å²) >= 11 is 0. The third kappa shape index (κ3) is 4.78. The molecule has 142 valence electrons. The van der Waals surface area contributed by atoms with Crippen LogP contribution in [0.2, 0.25) is 0 Å². The zero-order chi connectivity index (χ0) is 19.2. The highest BCUT2D eigenvalue weighted by Crippen LogP contribution is 2.21. The summed E-state index contributed by atoms with van der Waals surface area (Å²) in [5.41, 5.74) is 1.96. The van der Waals surface area contributed by atoms with Crippen LogP contribution in [0.3, 0.4) is 0 Å². The minimum Gasteiger partial charge on any atom is -0.457 e. The summed E-state index contributed by atoms with van der Waals surface area (Å²) in [6.45, 7) is 2.82. The maximum atomic E-state index is 12.6. The molecule has 4 rings (SSSR count). The molecule has 0 bridgehead atoms. The number of nitrogens with zero attached hydrogens (tertiary/aromatic N) is 1. The standard InChI is InChI=1S/C24H24N2O2/c27-24(20-11-13-23(14-12-20)28-22-9-5-2-6-10-22)25-21-15-16-26(18-21)17-19-7-3-1-4-8-19/h1-14,21H,15-18H2,(H,25,27)/t21-/m1/s1. The van der Waals surface area contributed by atoms with Gasteiger partial charge < -0.3 is 10.1 Å². The van der Waals surface area contributed by atoms with Crippen molar-refractivity contribution in [3.63, 3.8) is 0 Å². The van der Waals surface area contributed by atoms with Crippen molar-refractivity contribution in [1.82, 2.24) is 10.2 Å². The van der Waals surface area contributed by atoms with E-state index < -0.39 is 0 Å². The molecule has 1 aliphatic heterocycles. The molecule has 1 N–H and O–H groups in total. The molecule has 1 atom stereocenters. The number of hydrogen-bond donors (Lipinski definition) is 1. The Hall–Kier alpha value is -3.11. The van der Waals surface area contributed by atoms with Crippen molar-refractivity contribution in [3.05, 3.63) is 96.1 Å². The van der Waals surface area contributed by atoms with Gasteiger partial charge in [-0.25, -0.2) is 0 Å². The van der Waals surface area contributed by atoms with Crippen molar-refractivity contribution in [2.75, 3.05) is 13.1 Å². The van der Waals surface area contributed by atoms with Crippen LogP contribution in [0.4, 0.5) is 0 Å². The summed E-state index contributed by atoms with van der Waals surface area (Å²) in [6.07, 6.45) is 0.980. The van der Waals surface area contributed by atoms with E-state index in [2.05, 4.69) is 34.5 Å². The van der Waals surface area contributed by atoms with E-state index in [1.165, 1.54) is 5.56 Å². The average molecular weight is 372 g/mol. The Labute approximate surface area is 165 Å². The van der Waals surface area contributed by atoms with Crippen LogP contribution in [0.25, 0.3) is 0 Å². The fraction of sp³-hybridized carbons (Fsp3) is 0.208. The van der Waals surface area contributed by atoms with Crippen molar-refractivity contribution >= 4 is 5.91 Å². The van der Waals surface area contributed by atoms with E-state index >= 15 is 0 Å². The van der Waals surface area contributed by atoms with Gasteiger partial charge in [0.15, 0.2) is 0 Å². The van der Waals surface area contributed by atoms with E-state index in [4.69, 9.17) is 4.74 Å². The third-order valence-electron chi connectivity index (χ3n) is 4.95. The van der Waals surface area contributed by atoms with E-state index in [0.29, 0.717) is 5.56 Å². The van der Waals surface area contributed by atoms with Gasteiger partial charge in [0.05, 0.1) is 0 Å². The summed E-state index contributed by atoms with van der Waals surface area (Å²) < 4.78 is 5.78. The molecule has 1 saturated heterocycles. The van der Waals surface area contributed by atoms with Gasteiger partial charge >= 0.3 is 0 Å². The first-order valence-corrected chi connectivity index (χ1v) is 9.66. The van der Waals surface area contributed by atoms with E-state index in [1.54, 1.807) is 0 Å². The van der Waals surface area contributed by atoms with E-state index in [9.17, 15) is 4.79 Å². The molecular weight excluding hydrogens is 348 g/mol. The molecule has 1 amide bonds. The lowest BCUT2D eigenvalue weighted by Crippen LogP contribution is -2.36. The molecule has 0 spiro atoms. The highest BCUT2D eigenvalue weighted by Gasteiger charge is 2.24. The fourth-order valence-electron chi connectivity index (χ4n) is 3.50. The molecule has 0 aliphatic carbocycles. The molecular formula is C24H24N2O2. The zero-order valence-electron chi connectivity index (χ0n) is 15.8. The van der Waals surface area contributed by atoms with Crippen LogP contribution in [-0.4, -0.2) is 29.9 Å². The number of carbonyl (C=O) groups excluding carboxylic acids is 1. The van der Waals surface area contributed by atoms with E-state index in [-0.39, 0.29) is 11.9 Å². The molecule has 3 aromatic rings. The maximum Gasteiger partial charge on any atom is 0.251 e. The summed E-state index contributed by atoms with van der Waals surface area (Å²) in [5, 5.41) is 3.16. The normalized spacial score (nSPS) is 16.6. The number of ether oxygens (including phenoxy) is 1. The summed E-state index contributed by atoms with van der Waals surface area (Å²) in [5.74, 6) is 1.47. The first-order chi connectivity index (χ1) is 13.8. The maximum absolute atomic E-state index is 12.6. The van der Waals surface area contributed by atoms with Crippen molar-refractivity contribution in [2.45, 2.75) is 19.0 Å². The SMILES string of the molecule is O=C(N[C@@H]1CCN(Cc2ccccc2)C1)c1ccc(Oc2ccccc2)cc1. The molecule has 3 aromatic carbocycles. The monoisotopic (exact) mass is 372 g/mol. The lowest BCUT2D eigenvalue weighted by Gasteiger charge is -2.17. The molecule has 0 aromatic heterocycles. The molecule has 4 nitrogen and oxygen atoms in total. The predicted octanol–water partition coefficient (Wildman–Crippen LogP) is 4.48. The van der Waals surface area contributed by atoms with Gasteiger partial charge in [-0.3, -0.25) is 9.69 Å². The van der Waals surface area contributed by atoms with Gasteiger partial charge in [0.25, 0.3) is 5.91 Å². The third-order valence-corrected chi connectivity index (χ3v) is 4.95. The number of likely N-dealkylation sites (tertiary alicyclic amines) is 1. The first kappa shape index (κ1) is 18.3. The second-order valence-corrected chi connectivity index (χ2v) is 7.12. The molecule has 1 heterocycles.